The molecule has 3 N–H and O–H groups in total. The number of aryl methyl sites for hydroxylation is 1. The lowest BCUT2D eigenvalue weighted by Crippen LogP contribution is -2.18. The van der Waals surface area contributed by atoms with Crippen LogP contribution in [0.3, 0.4) is 0 Å². The van der Waals surface area contributed by atoms with Gasteiger partial charge in [-0.15, -0.1) is 0 Å². The monoisotopic (exact) mass is 303 g/mol. The summed E-state index contributed by atoms with van der Waals surface area (Å²) in [4.78, 5) is 16.2. The van der Waals surface area contributed by atoms with Gasteiger partial charge in [-0.25, -0.2) is 4.98 Å². The Hall–Kier alpha value is -2.18. The average molecular weight is 303 g/mol. The summed E-state index contributed by atoms with van der Waals surface area (Å²) in [5.41, 5.74) is 3.10. The molecule has 1 aromatic carbocycles. The summed E-state index contributed by atoms with van der Waals surface area (Å²) in [5.74, 6) is 0.523. The van der Waals surface area contributed by atoms with E-state index in [4.69, 9.17) is 0 Å². The molecule has 0 atom stereocenters. The molecule has 0 saturated carbocycles. The van der Waals surface area contributed by atoms with Crippen LogP contribution in [-0.2, 0) is 4.79 Å². The van der Waals surface area contributed by atoms with E-state index in [0.29, 0.717) is 17.0 Å². The molecule has 0 spiro atoms. The number of nitrogens with one attached hydrogen (secondary N) is 1. The van der Waals surface area contributed by atoms with Crippen molar-refractivity contribution >= 4 is 22.6 Å². The summed E-state index contributed by atoms with van der Waals surface area (Å²) in [6.45, 7) is 5.21. The number of aromatic nitrogens is 2. The second kappa shape index (κ2) is 6.72. The predicted molar refractivity (Wildman–Crippen MR) is 85.7 cm³/mol. The van der Waals surface area contributed by atoms with E-state index in [2.05, 4.69) is 10.3 Å². The maximum absolute atomic E-state index is 11.8. The highest BCUT2D eigenvalue weighted by Gasteiger charge is 2.16. The lowest BCUT2D eigenvalue weighted by atomic mass is 10.2. The number of aliphatic hydroxyl groups is 2. The van der Waals surface area contributed by atoms with Crippen molar-refractivity contribution in [2.45, 2.75) is 26.8 Å². The predicted octanol–water partition coefficient (Wildman–Crippen LogP) is 1.78. The molecule has 1 amide bonds. The molecule has 0 fully saturated rings. The van der Waals surface area contributed by atoms with E-state index in [1.807, 2.05) is 26.8 Å². The zero-order valence-electron chi connectivity index (χ0n) is 13.0. The Balaban J connectivity index is 2.37. The van der Waals surface area contributed by atoms with Crippen molar-refractivity contribution in [3.8, 4) is 0 Å². The minimum Gasteiger partial charge on any atom is -0.394 e. The Bertz CT molecular complexity index is 711. The number of hydrogen-bond donors (Lipinski definition) is 3. The number of fused-ring (bicyclic) bond motifs is 1. The molecule has 2 rings (SSSR count). The largest absolute Gasteiger partial charge is 0.394 e. The Morgan fingerprint density at radius 1 is 1.36 bits per heavy atom. The minimum atomic E-state index is -0.420. The third kappa shape index (κ3) is 3.35. The number of nitrogens with zero attached hydrogens (tertiary/aromatic N) is 2. The van der Waals surface area contributed by atoms with E-state index < -0.39 is 6.04 Å². The van der Waals surface area contributed by atoms with Crippen LogP contribution >= 0.6 is 0 Å². The van der Waals surface area contributed by atoms with Crippen LogP contribution in [0.25, 0.3) is 11.0 Å². The molecule has 0 aliphatic heterocycles. The van der Waals surface area contributed by atoms with Crippen LogP contribution in [0.15, 0.2) is 29.8 Å². The molecule has 0 aliphatic carbocycles. The molecule has 6 nitrogen and oxygen atoms in total. The third-order valence-electron chi connectivity index (χ3n) is 3.34. The fraction of sp³-hybridized carbons (Fsp3) is 0.375. The molecular formula is C16H21N3O3. The van der Waals surface area contributed by atoms with Crippen molar-refractivity contribution in [2.24, 2.45) is 0 Å². The Kier molecular flexibility index (Phi) is 4.95. The van der Waals surface area contributed by atoms with Crippen molar-refractivity contribution in [2.75, 3.05) is 18.5 Å². The number of carbonyl (C=O) groups is 1. The van der Waals surface area contributed by atoms with Crippen molar-refractivity contribution in [3.63, 3.8) is 0 Å². The number of carbonyl (C=O) groups excluding carboxylic acids is 1. The normalized spacial score (nSPS) is 11.0. The van der Waals surface area contributed by atoms with Crippen molar-refractivity contribution in [3.05, 3.63) is 35.7 Å². The molecule has 0 bridgehead atoms. The molecule has 0 saturated heterocycles. The molecule has 118 valence electrons. The molecule has 0 unspecified atom stereocenters. The van der Waals surface area contributed by atoms with Crippen LogP contribution in [0.2, 0.25) is 0 Å². The average Bonchev–Trinajstić information content (AvgIpc) is 2.75. The van der Waals surface area contributed by atoms with Gasteiger partial charge in [0.2, 0.25) is 5.91 Å². The fourth-order valence-electron chi connectivity index (χ4n) is 2.42. The van der Waals surface area contributed by atoms with Gasteiger partial charge in [0.25, 0.3) is 0 Å². The molecule has 1 aromatic heterocycles. The Morgan fingerprint density at radius 2 is 2.05 bits per heavy atom. The number of amides is 1. The maximum atomic E-state index is 11.8. The highest BCUT2D eigenvalue weighted by atomic mass is 16.3. The molecule has 0 radical (unpaired) electrons. The lowest BCUT2D eigenvalue weighted by molar-refractivity contribution is -0.111. The Morgan fingerprint density at radius 3 is 2.64 bits per heavy atom. The first-order valence-electron chi connectivity index (χ1n) is 7.12. The van der Waals surface area contributed by atoms with Gasteiger partial charge in [-0.2, -0.15) is 0 Å². The number of hydrogen-bond acceptors (Lipinski definition) is 4. The van der Waals surface area contributed by atoms with Crippen molar-refractivity contribution in [1.29, 1.82) is 0 Å². The summed E-state index contributed by atoms with van der Waals surface area (Å²) in [7, 11) is 0. The number of imidazole rings is 1. The molecule has 2 aromatic rings. The standard InChI is InChI=1S/C16H21N3O3/c1-10(2)6-16(22)18-12-4-5-15-14(7-12)17-11(3)19(15)13(8-20)9-21/h4-7,13,20-21H,8-9H2,1-3H3,(H,18,22). The highest BCUT2D eigenvalue weighted by Crippen LogP contribution is 2.23. The number of benzene rings is 1. The highest BCUT2D eigenvalue weighted by molar-refractivity contribution is 6.00. The van der Waals surface area contributed by atoms with Gasteiger partial charge in [-0.05, 0) is 39.0 Å². The summed E-state index contributed by atoms with van der Waals surface area (Å²) in [6, 6.07) is 4.96. The first kappa shape index (κ1) is 16.2. The fourth-order valence-corrected chi connectivity index (χ4v) is 2.42. The lowest BCUT2D eigenvalue weighted by Gasteiger charge is -2.16. The van der Waals surface area contributed by atoms with Gasteiger partial charge in [-0.1, -0.05) is 5.57 Å². The first-order chi connectivity index (χ1) is 10.5. The van der Waals surface area contributed by atoms with Crippen LogP contribution < -0.4 is 5.32 Å². The number of rotatable bonds is 5. The van der Waals surface area contributed by atoms with Gasteiger partial charge in [-0.3, -0.25) is 4.79 Å². The number of aliphatic hydroxyl groups excluding tert-OH is 2. The minimum absolute atomic E-state index is 0.165. The smallest absolute Gasteiger partial charge is 0.248 e. The first-order valence-corrected chi connectivity index (χ1v) is 7.12. The summed E-state index contributed by atoms with van der Waals surface area (Å²) in [6.07, 6.45) is 1.53. The second-order valence-corrected chi connectivity index (χ2v) is 5.46. The van der Waals surface area contributed by atoms with Crippen LogP contribution in [-0.4, -0.2) is 38.9 Å². The number of anilines is 1. The SMILES string of the molecule is CC(C)=CC(=O)Nc1ccc2c(c1)nc(C)n2C(CO)CO. The van der Waals surface area contributed by atoms with Crippen LogP contribution in [0.4, 0.5) is 5.69 Å². The molecule has 0 aliphatic rings. The molecule has 1 heterocycles. The Labute approximate surface area is 129 Å². The zero-order chi connectivity index (χ0) is 16.3. The van der Waals surface area contributed by atoms with Gasteiger partial charge in [0.1, 0.15) is 5.82 Å². The summed E-state index contributed by atoms with van der Waals surface area (Å²) in [5, 5.41) is 21.5. The topological polar surface area (TPSA) is 87.4 Å². The van der Waals surface area contributed by atoms with Crippen LogP contribution in [0.1, 0.15) is 25.7 Å². The second-order valence-electron chi connectivity index (χ2n) is 5.46. The summed E-state index contributed by atoms with van der Waals surface area (Å²) < 4.78 is 1.80. The number of allylic oxidation sites excluding steroid dienone is 1. The van der Waals surface area contributed by atoms with E-state index in [0.717, 1.165) is 11.1 Å². The van der Waals surface area contributed by atoms with Gasteiger partial charge in [0, 0.05) is 11.8 Å². The van der Waals surface area contributed by atoms with E-state index in [1.54, 1.807) is 16.7 Å². The molecule has 6 heteroatoms. The van der Waals surface area contributed by atoms with Gasteiger partial charge in [0.15, 0.2) is 0 Å². The third-order valence-corrected chi connectivity index (χ3v) is 3.34. The quantitative estimate of drug-likeness (QED) is 0.735. The van der Waals surface area contributed by atoms with E-state index >= 15 is 0 Å². The van der Waals surface area contributed by atoms with E-state index in [1.165, 1.54) is 6.08 Å². The van der Waals surface area contributed by atoms with Crippen LogP contribution in [0.5, 0.6) is 0 Å². The molecular weight excluding hydrogens is 282 g/mol. The maximum Gasteiger partial charge on any atom is 0.248 e. The van der Waals surface area contributed by atoms with Gasteiger partial charge >= 0.3 is 0 Å². The molecule has 22 heavy (non-hydrogen) atoms. The zero-order valence-corrected chi connectivity index (χ0v) is 13.0. The van der Waals surface area contributed by atoms with Crippen molar-refractivity contribution in [1.82, 2.24) is 9.55 Å². The van der Waals surface area contributed by atoms with Crippen LogP contribution in [0, 0.1) is 6.92 Å². The van der Waals surface area contributed by atoms with Crippen molar-refractivity contribution < 1.29 is 15.0 Å². The van der Waals surface area contributed by atoms with Gasteiger partial charge in [0.05, 0.1) is 30.3 Å². The van der Waals surface area contributed by atoms with E-state index in [9.17, 15) is 15.0 Å². The van der Waals surface area contributed by atoms with E-state index in [-0.39, 0.29) is 19.1 Å². The van der Waals surface area contributed by atoms with Gasteiger partial charge < -0.3 is 20.1 Å². The summed E-state index contributed by atoms with van der Waals surface area (Å²) >= 11 is 0.